The van der Waals surface area contributed by atoms with Gasteiger partial charge in [0.05, 0.1) is 22.8 Å². The van der Waals surface area contributed by atoms with Crippen LogP contribution in [0, 0.1) is 18.3 Å². The number of nitrogens with zero attached hydrogens (tertiary/aromatic N) is 5. The number of anilines is 1. The number of imidazole rings is 1. The second-order valence-electron chi connectivity index (χ2n) is 5.56. The molecule has 2 aromatic heterocycles. The van der Waals surface area contributed by atoms with Crippen molar-refractivity contribution in [2.45, 2.75) is 13.0 Å². The first kappa shape index (κ1) is 12.8. The Morgan fingerprint density at radius 1 is 1.18 bits per heavy atom. The van der Waals surface area contributed by atoms with Crippen LogP contribution < -0.4 is 4.90 Å². The molecule has 0 amide bonds. The predicted octanol–water partition coefficient (Wildman–Crippen LogP) is 2.67. The highest BCUT2D eigenvalue weighted by Gasteiger charge is 2.31. The lowest BCUT2D eigenvalue weighted by Crippen LogP contribution is -2.48. The van der Waals surface area contributed by atoms with E-state index >= 15 is 0 Å². The maximum atomic E-state index is 9.17. The van der Waals surface area contributed by atoms with Crippen molar-refractivity contribution in [2.24, 2.45) is 0 Å². The van der Waals surface area contributed by atoms with Gasteiger partial charge in [0.25, 0.3) is 0 Å². The van der Waals surface area contributed by atoms with Crippen LogP contribution in [0.15, 0.2) is 42.6 Å². The molecule has 3 aromatic rings. The molecule has 0 N–H and O–H groups in total. The summed E-state index contributed by atoms with van der Waals surface area (Å²) in [7, 11) is 0. The van der Waals surface area contributed by atoms with E-state index in [1.54, 1.807) is 6.20 Å². The first-order valence-electron chi connectivity index (χ1n) is 7.31. The van der Waals surface area contributed by atoms with E-state index in [1.807, 2.05) is 37.3 Å². The van der Waals surface area contributed by atoms with Crippen LogP contribution in [0.1, 0.15) is 17.6 Å². The van der Waals surface area contributed by atoms with E-state index in [0.717, 1.165) is 30.1 Å². The minimum Gasteiger partial charge on any atom is -0.365 e. The maximum absolute atomic E-state index is 9.17. The third-order valence-corrected chi connectivity index (χ3v) is 4.23. The number of aromatic nitrogens is 3. The van der Waals surface area contributed by atoms with Crippen LogP contribution in [0.2, 0.25) is 0 Å². The number of aryl methyl sites for hydroxylation is 1. The van der Waals surface area contributed by atoms with Crippen molar-refractivity contribution in [1.82, 2.24) is 14.5 Å². The molecule has 5 heteroatoms. The first-order valence-corrected chi connectivity index (χ1v) is 7.31. The molecule has 108 valence electrons. The summed E-state index contributed by atoms with van der Waals surface area (Å²) in [5.41, 5.74) is 3.63. The summed E-state index contributed by atoms with van der Waals surface area (Å²) in [5, 5.41) is 9.17. The molecule has 1 aromatic carbocycles. The molecule has 0 atom stereocenters. The van der Waals surface area contributed by atoms with Gasteiger partial charge in [-0.1, -0.05) is 12.1 Å². The van der Waals surface area contributed by atoms with E-state index in [1.165, 1.54) is 5.52 Å². The van der Waals surface area contributed by atoms with Gasteiger partial charge in [-0.05, 0) is 31.2 Å². The van der Waals surface area contributed by atoms with Crippen LogP contribution in [0.4, 0.5) is 5.69 Å². The lowest BCUT2D eigenvalue weighted by molar-refractivity contribution is 0.401. The number of fused-ring (bicyclic) bond motifs is 1. The highest BCUT2D eigenvalue weighted by Crippen LogP contribution is 2.32. The maximum Gasteiger partial charge on any atom is 0.163 e. The SMILES string of the molecule is Cc1nc2ccccc2n1C1CN(c2cccnc2C#N)C1. The second kappa shape index (κ2) is 4.85. The van der Waals surface area contributed by atoms with E-state index in [-0.39, 0.29) is 0 Å². The minimum atomic E-state index is 0.388. The van der Waals surface area contributed by atoms with Gasteiger partial charge in [0, 0.05) is 19.3 Å². The monoisotopic (exact) mass is 289 g/mol. The number of hydrogen-bond acceptors (Lipinski definition) is 4. The normalized spacial score (nSPS) is 14.8. The Morgan fingerprint density at radius 2 is 2.00 bits per heavy atom. The quantitative estimate of drug-likeness (QED) is 0.728. The molecule has 5 nitrogen and oxygen atoms in total. The highest BCUT2D eigenvalue weighted by atomic mass is 15.3. The lowest BCUT2D eigenvalue weighted by atomic mass is 10.1. The zero-order chi connectivity index (χ0) is 15.1. The molecule has 0 spiro atoms. The van der Waals surface area contributed by atoms with Gasteiger partial charge in [0.1, 0.15) is 11.9 Å². The molecule has 1 aliphatic rings. The van der Waals surface area contributed by atoms with Gasteiger partial charge in [0.15, 0.2) is 5.69 Å². The number of hydrogen-bond donors (Lipinski definition) is 0. The molecule has 0 saturated carbocycles. The molecular weight excluding hydrogens is 274 g/mol. The number of pyridine rings is 1. The van der Waals surface area contributed by atoms with Crippen LogP contribution in [-0.4, -0.2) is 27.6 Å². The number of rotatable bonds is 2. The largest absolute Gasteiger partial charge is 0.365 e. The van der Waals surface area contributed by atoms with Crippen molar-refractivity contribution in [3.63, 3.8) is 0 Å². The second-order valence-corrected chi connectivity index (χ2v) is 5.56. The van der Waals surface area contributed by atoms with Crippen LogP contribution >= 0.6 is 0 Å². The van der Waals surface area contributed by atoms with E-state index in [4.69, 9.17) is 5.26 Å². The van der Waals surface area contributed by atoms with Crippen LogP contribution in [0.5, 0.6) is 0 Å². The zero-order valence-corrected chi connectivity index (χ0v) is 12.3. The van der Waals surface area contributed by atoms with Crippen LogP contribution in [-0.2, 0) is 0 Å². The molecule has 1 fully saturated rings. The summed E-state index contributed by atoms with van der Waals surface area (Å²) in [4.78, 5) is 11.0. The van der Waals surface area contributed by atoms with E-state index in [2.05, 4.69) is 31.6 Å². The Hall–Kier alpha value is -2.87. The Labute approximate surface area is 128 Å². The van der Waals surface area contributed by atoms with Crippen molar-refractivity contribution < 1.29 is 0 Å². The minimum absolute atomic E-state index is 0.388. The molecule has 22 heavy (non-hydrogen) atoms. The Kier molecular flexibility index (Phi) is 2.83. The number of nitriles is 1. The topological polar surface area (TPSA) is 57.7 Å². The molecule has 0 bridgehead atoms. The van der Waals surface area contributed by atoms with E-state index in [0.29, 0.717) is 11.7 Å². The Bertz CT molecular complexity index is 883. The van der Waals surface area contributed by atoms with Gasteiger partial charge in [0.2, 0.25) is 0 Å². The Morgan fingerprint density at radius 3 is 2.82 bits per heavy atom. The molecule has 3 heterocycles. The smallest absolute Gasteiger partial charge is 0.163 e. The highest BCUT2D eigenvalue weighted by molar-refractivity contribution is 5.76. The van der Waals surface area contributed by atoms with Crippen molar-refractivity contribution in [1.29, 1.82) is 5.26 Å². The summed E-state index contributed by atoms with van der Waals surface area (Å²) >= 11 is 0. The summed E-state index contributed by atoms with van der Waals surface area (Å²) in [6.07, 6.45) is 1.66. The van der Waals surface area contributed by atoms with Crippen molar-refractivity contribution >= 4 is 16.7 Å². The van der Waals surface area contributed by atoms with E-state index < -0.39 is 0 Å². The number of benzene rings is 1. The fourth-order valence-corrected chi connectivity index (χ4v) is 3.18. The zero-order valence-electron chi connectivity index (χ0n) is 12.3. The van der Waals surface area contributed by atoms with Gasteiger partial charge < -0.3 is 9.47 Å². The van der Waals surface area contributed by atoms with Crippen LogP contribution in [0.3, 0.4) is 0 Å². The standard InChI is InChI=1S/C17H15N5/c1-12-20-14-5-2-3-6-17(14)22(12)13-10-21(11-13)16-7-4-8-19-15(16)9-18/h2-8,13H,10-11H2,1H3. The lowest BCUT2D eigenvalue weighted by Gasteiger charge is -2.42. The molecule has 1 aliphatic heterocycles. The van der Waals surface area contributed by atoms with Crippen LogP contribution in [0.25, 0.3) is 11.0 Å². The summed E-state index contributed by atoms with van der Waals surface area (Å²) in [5.74, 6) is 1.04. The summed E-state index contributed by atoms with van der Waals surface area (Å²) < 4.78 is 2.30. The first-order chi connectivity index (χ1) is 10.8. The van der Waals surface area contributed by atoms with Gasteiger partial charge in [-0.25, -0.2) is 9.97 Å². The van der Waals surface area contributed by atoms with Gasteiger partial charge >= 0.3 is 0 Å². The third-order valence-electron chi connectivity index (χ3n) is 4.23. The van der Waals surface area contributed by atoms with E-state index in [9.17, 15) is 0 Å². The third kappa shape index (κ3) is 1.85. The van der Waals surface area contributed by atoms with Gasteiger partial charge in [-0.3, -0.25) is 0 Å². The predicted molar refractivity (Wildman–Crippen MR) is 84.7 cm³/mol. The fourth-order valence-electron chi connectivity index (χ4n) is 3.18. The molecule has 0 aliphatic carbocycles. The average Bonchev–Trinajstić information content (AvgIpc) is 2.83. The Balaban J connectivity index is 1.63. The fraction of sp³-hybridized carbons (Fsp3) is 0.235. The van der Waals surface area contributed by atoms with Crippen molar-refractivity contribution in [2.75, 3.05) is 18.0 Å². The summed E-state index contributed by atoms with van der Waals surface area (Å²) in [6, 6.07) is 14.6. The van der Waals surface area contributed by atoms with Gasteiger partial charge in [-0.15, -0.1) is 0 Å². The molecule has 4 rings (SSSR count). The number of para-hydroxylation sites is 2. The average molecular weight is 289 g/mol. The molecular formula is C17H15N5. The molecule has 1 saturated heterocycles. The summed E-state index contributed by atoms with van der Waals surface area (Å²) in [6.45, 7) is 3.80. The van der Waals surface area contributed by atoms with Gasteiger partial charge in [-0.2, -0.15) is 5.26 Å². The molecule has 0 radical (unpaired) electrons. The molecule has 0 unspecified atom stereocenters. The van der Waals surface area contributed by atoms with Crippen molar-refractivity contribution in [3.05, 3.63) is 54.1 Å². The van der Waals surface area contributed by atoms with Crippen molar-refractivity contribution in [3.8, 4) is 6.07 Å².